The largest absolute Gasteiger partial charge is 0.456 e. The summed E-state index contributed by atoms with van der Waals surface area (Å²) >= 11 is 0. The van der Waals surface area contributed by atoms with E-state index in [1.54, 1.807) is 6.92 Å². The molecule has 4 rings (SSSR count). The van der Waals surface area contributed by atoms with Gasteiger partial charge in [-0.15, -0.1) is 0 Å². The maximum atomic E-state index is 12.7. The number of nitrogens with zero attached hydrogens (tertiary/aromatic N) is 1. The highest BCUT2D eigenvalue weighted by molar-refractivity contribution is 5.89. The van der Waals surface area contributed by atoms with Crippen LogP contribution < -0.4 is 0 Å². The van der Waals surface area contributed by atoms with Gasteiger partial charge in [0.15, 0.2) is 5.60 Å². The topological polar surface area (TPSA) is 66.8 Å². The molecule has 0 bridgehead atoms. The van der Waals surface area contributed by atoms with Gasteiger partial charge in [0, 0.05) is 18.9 Å². The van der Waals surface area contributed by atoms with Gasteiger partial charge in [0.25, 0.3) is 0 Å². The minimum absolute atomic E-state index is 0.0780. The Labute approximate surface area is 171 Å². The molecule has 2 saturated heterocycles. The molecule has 152 valence electrons. The molecule has 1 aliphatic carbocycles. The van der Waals surface area contributed by atoms with Crippen LogP contribution in [0.4, 0.5) is 0 Å². The fourth-order valence-electron chi connectivity index (χ4n) is 5.48. The van der Waals surface area contributed by atoms with E-state index in [-0.39, 0.29) is 18.4 Å². The average Bonchev–Trinajstić information content (AvgIpc) is 3.07. The molecular weight excluding hydrogens is 366 g/mol. The zero-order chi connectivity index (χ0) is 20.5. The van der Waals surface area contributed by atoms with Crippen molar-refractivity contribution in [3.05, 3.63) is 41.5 Å². The normalized spacial score (nSPS) is 32.2. The summed E-state index contributed by atoms with van der Waals surface area (Å²) in [6.07, 6.45) is 6.53. The number of carbonyl (C=O) groups is 2. The highest BCUT2D eigenvalue weighted by Crippen LogP contribution is 2.58. The van der Waals surface area contributed by atoms with Crippen molar-refractivity contribution in [2.24, 2.45) is 5.92 Å². The minimum Gasteiger partial charge on any atom is -0.456 e. The first-order valence-corrected chi connectivity index (χ1v) is 10.5. The zero-order valence-corrected chi connectivity index (χ0v) is 16.8. The van der Waals surface area contributed by atoms with Gasteiger partial charge >= 0.3 is 5.97 Å². The van der Waals surface area contributed by atoms with Crippen molar-refractivity contribution >= 4 is 18.0 Å². The van der Waals surface area contributed by atoms with Gasteiger partial charge in [0.05, 0.1) is 12.1 Å². The van der Waals surface area contributed by atoms with Gasteiger partial charge < -0.3 is 14.7 Å². The summed E-state index contributed by atoms with van der Waals surface area (Å²) in [4.78, 5) is 26.6. The molecule has 5 heteroatoms. The van der Waals surface area contributed by atoms with E-state index in [4.69, 9.17) is 4.74 Å². The lowest BCUT2D eigenvalue weighted by Crippen LogP contribution is -2.61. The minimum atomic E-state index is -1.56. The summed E-state index contributed by atoms with van der Waals surface area (Å²) in [6, 6.07) is 9.81. The number of carbonyl (C=O) groups excluding carboxylic acids is 2. The van der Waals surface area contributed by atoms with Crippen LogP contribution in [-0.4, -0.2) is 46.2 Å². The molecule has 1 N–H and O–H groups in total. The van der Waals surface area contributed by atoms with Crippen LogP contribution in [0.25, 0.3) is 6.08 Å². The zero-order valence-electron chi connectivity index (χ0n) is 16.8. The number of amides is 1. The highest BCUT2D eigenvalue weighted by Gasteiger charge is 2.67. The summed E-state index contributed by atoms with van der Waals surface area (Å²) in [6.45, 7) is 2.59. The van der Waals surface area contributed by atoms with Crippen molar-refractivity contribution in [2.45, 2.75) is 56.6 Å². The van der Waals surface area contributed by atoms with Crippen LogP contribution in [0.3, 0.4) is 0 Å². The van der Waals surface area contributed by atoms with E-state index in [1.807, 2.05) is 41.3 Å². The molecule has 2 aliphatic heterocycles. The molecule has 0 radical (unpaired) electrons. The molecule has 0 aromatic heterocycles. The van der Waals surface area contributed by atoms with E-state index in [2.05, 4.69) is 11.8 Å². The van der Waals surface area contributed by atoms with Gasteiger partial charge in [-0.25, -0.2) is 4.79 Å². The van der Waals surface area contributed by atoms with Gasteiger partial charge in [-0.1, -0.05) is 42.8 Å². The molecule has 29 heavy (non-hydrogen) atoms. The maximum Gasteiger partial charge on any atom is 0.384 e. The van der Waals surface area contributed by atoms with Gasteiger partial charge in [0.2, 0.25) is 5.91 Å². The Kier molecular flexibility index (Phi) is 5.23. The summed E-state index contributed by atoms with van der Waals surface area (Å²) in [5.74, 6) is 4.97. The summed E-state index contributed by atoms with van der Waals surface area (Å²) in [7, 11) is 0. The monoisotopic (exact) mass is 393 g/mol. The second-order valence-electron chi connectivity index (χ2n) is 8.13. The van der Waals surface area contributed by atoms with Crippen molar-refractivity contribution < 1.29 is 19.4 Å². The third kappa shape index (κ3) is 3.16. The lowest BCUT2D eigenvalue weighted by Gasteiger charge is -2.45. The second-order valence-corrected chi connectivity index (χ2v) is 8.13. The Morgan fingerprint density at radius 1 is 1.34 bits per heavy atom. The predicted molar refractivity (Wildman–Crippen MR) is 109 cm³/mol. The van der Waals surface area contributed by atoms with Crippen LogP contribution in [0.15, 0.2) is 35.9 Å². The number of ether oxygens (including phenoxy) is 1. The number of rotatable bonds is 2. The molecule has 1 spiro atoms. The molecule has 1 aromatic rings. The van der Waals surface area contributed by atoms with E-state index in [9.17, 15) is 14.7 Å². The number of hydrogen-bond acceptors (Lipinski definition) is 4. The van der Waals surface area contributed by atoms with Crippen LogP contribution in [-0.2, 0) is 14.3 Å². The lowest BCUT2D eigenvalue weighted by molar-refractivity contribution is -0.136. The van der Waals surface area contributed by atoms with Crippen molar-refractivity contribution in [3.8, 4) is 11.8 Å². The molecule has 1 saturated carbocycles. The van der Waals surface area contributed by atoms with Crippen LogP contribution in [0.5, 0.6) is 0 Å². The Hall–Kier alpha value is -2.58. The highest BCUT2D eigenvalue weighted by atomic mass is 16.5. The van der Waals surface area contributed by atoms with Crippen LogP contribution in [0, 0.1) is 17.8 Å². The van der Waals surface area contributed by atoms with E-state index < -0.39 is 17.1 Å². The smallest absolute Gasteiger partial charge is 0.384 e. The Morgan fingerprint density at radius 3 is 2.90 bits per heavy atom. The molecule has 0 unspecified atom stereocenters. The standard InChI is InChI=1S/C24H27NO4/c1-2-29-22(27)12-14-24(28)20(16-18-8-4-3-5-9-18)17-19-10-6-7-15-25-21(26)11-13-23(19,24)25/h3-5,8-9,16,19,28H,2,6-7,10-11,13,15,17H2,1H3/b20-16+/t19-,23-,24+/m0/s1. The van der Waals surface area contributed by atoms with Crippen molar-refractivity contribution in [2.75, 3.05) is 13.2 Å². The summed E-state index contributed by atoms with van der Waals surface area (Å²) in [5, 5.41) is 12.1. The first kappa shape index (κ1) is 19.7. The van der Waals surface area contributed by atoms with Crippen molar-refractivity contribution in [3.63, 3.8) is 0 Å². The second kappa shape index (κ2) is 7.68. The molecule has 1 amide bonds. The third-order valence-electron chi connectivity index (χ3n) is 6.68. The van der Waals surface area contributed by atoms with Crippen LogP contribution in [0.1, 0.15) is 51.0 Å². The SMILES string of the molecule is CCOC(=O)C#C[C@@]1(O)/C(=C/c2ccccc2)C[C@@H]2CCCCN3C(=O)CC[C@@]231. The Balaban J connectivity index is 1.86. The molecule has 3 fully saturated rings. The fraction of sp³-hybridized carbons (Fsp3) is 0.500. The third-order valence-corrected chi connectivity index (χ3v) is 6.68. The molecule has 3 atom stereocenters. The Morgan fingerprint density at radius 2 is 2.14 bits per heavy atom. The first-order chi connectivity index (χ1) is 14.0. The van der Waals surface area contributed by atoms with Gasteiger partial charge in [-0.3, -0.25) is 4.79 Å². The number of aliphatic hydroxyl groups is 1. The average molecular weight is 393 g/mol. The summed E-state index contributed by atoms with van der Waals surface area (Å²) in [5.41, 5.74) is -0.563. The van der Waals surface area contributed by atoms with E-state index in [0.29, 0.717) is 25.8 Å². The van der Waals surface area contributed by atoms with Crippen molar-refractivity contribution in [1.29, 1.82) is 0 Å². The van der Waals surface area contributed by atoms with Gasteiger partial charge in [-0.05, 0) is 55.6 Å². The van der Waals surface area contributed by atoms with Gasteiger partial charge in [0.1, 0.15) is 0 Å². The van der Waals surface area contributed by atoms with Gasteiger partial charge in [-0.2, -0.15) is 0 Å². The van der Waals surface area contributed by atoms with Crippen molar-refractivity contribution in [1.82, 2.24) is 4.90 Å². The lowest BCUT2D eigenvalue weighted by atomic mass is 9.73. The quantitative estimate of drug-likeness (QED) is 0.477. The molecule has 2 heterocycles. The molecule has 1 aromatic carbocycles. The van der Waals surface area contributed by atoms with E-state index in [1.165, 1.54) is 0 Å². The molecule has 5 nitrogen and oxygen atoms in total. The molecular formula is C24H27NO4. The fourth-order valence-corrected chi connectivity index (χ4v) is 5.48. The molecule has 3 aliphatic rings. The maximum absolute atomic E-state index is 12.7. The van der Waals surface area contributed by atoms with Crippen LogP contribution >= 0.6 is 0 Å². The van der Waals surface area contributed by atoms with Crippen LogP contribution in [0.2, 0.25) is 0 Å². The van der Waals surface area contributed by atoms with E-state index in [0.717, 1.165) is 30.4 Å². The van der Waals surface area contributed by atoms with E-state index >= 15 is 0 Å². The number of benzene rings is 1. The number of hydrogen-bond donors (Lipinski definition) is 1. The number of esters is 1. The Bertz CT molecular complexity index is 896. The predicted octanol–water partition coefficient (Wildman–Crippen LogP) is 2.93. The summed E-state index contributed by atoms with van der Waals surface area (Å²) < 4.78 is 4.97. The first-order valence-electron chi connectivity index (χ1n) is 10.5.